The van der Waals surface area contributed by atoms with Gasteiger partial charge in [-0.05, 0) is 31.5 Å². The Morgan fingerprint density at radius 3 is 2.35 bits per heavy atom. The Morgan fingerprint density at radius 1 is 1.05 bits per heavy atom. The van der Waals surface area contributed by atoms with Gasteiger partial charge in [0.1, 0.15) is 0 Å². The summed E-state index contributed by atoms with van der Waals surface area (Å²) in [5, 5.41) is 6.06. The molecule has 0 bridgehead atoms. The minimum Gasteiger partial charge on any atom is -0.387 e. The van der Waals surface area contributed by atoms with Gasteiger partial charge < -0.3 is 10.6 Å². The SMILES string of the molecule is CNc1ccccc1C(=O)NC(C)c1ccc(C)cc1. The molecular weight excluding hydrogens is 248 g/mol. The second kappa shape index (κ2) is 6.24. The Hall–Kier alpha value is -2.29. The zero-order chi connectivity index (χ0) is 14.5. The number of para-hydroxylation sites is 1. The molecule has 20 heavy (non-hydrogen) atoms. The van der Waals surface area contributed by atoms with Crippen LogP contribution in [0.25, 0.3) is 0 Å². The number of benzene rings is 2. The first-order valence-electron chi connectivity index (χ1n) is 6.76. The number of hydrogen-bond donors (Lipinski definition) is 2. The van der Waals surface area contributed by atoms with Crippen molar-refractivity contribution in [1.82, 2.24) is 5.32 Å². The van der Waals surface area contributed by atoms with Crippen molar-refractivity contribution in [3.63, 3.8) is 0 Å². The van der Waals surface area contributed by atoms with Crippen LogP contribution in [0.15, 0.2) is 48.5 Å². The van der Waals surface area contributed by atoms with Crippen molar-refractivity contribution in [2.24, 2.45) is 0 Å². The van der Waals surface area contributed by atoms with E-state index in [0.717, 1.165) is 11.3 Å². The highest BCUT2D eigenvalue weighted by Gasteiger charge is 2.13. The molecule has 0 aliphatic rings. The molecule has 104 valence electrons. The van der Waals surface area contributed by atoms with E-state index in [-0.39, 0.29) is 11.9 Å². The van der Waals surface area contributed by atoms with Crippen molar-refractivity contribution >= 4 is 11.6 Å². The summed E-state index contributed by atoms with van der Waals surface area (Å²) >= 11 is 0. The maximum absolute atomic E-state index is 12.3. The summed E-state index contributed by atoms with van der Waals surface area (Å²) in [7, 11) is 1.81. The zero-order valence-corrected chi connectivity index (χ0v) is 12.1. The third-order valence-corrected chi connectivity index (χ3v) is 3.37. The van der Waals surface area contributed by atoms with Gasteiger partial charge in [-0.3, -0.25) is 4.79 Å². The molecule has 0 spiro atoms. The first-order valence-corrected chi connectivity index (χ1v) is 6.76. The molecule has 2 N–H and O–H groups in total. The third-order valence-electron chi connectivity index (χ3n) is 3.37. The molecule has 0 heterocycles. The van der Waals surface area contributed by atoms with Gasteiger partial charge in [0, 0.05) is 12.7 Å². The average molecular weight is 268 g/mol. The molecule has 1 amide bonds. The van der Waals surface area contributed by atoms with E-state index >= 15 is 0 Å². The van der Waals surface area contributed by atoms with Crippen LogP contribution in [0.5, 0.6) is 0 Å². The molecule has 2 aromatic carbocycles. The molecule has 2 rings (SSSR count). The van der Waals surface area contributed by atoms with Crippen molar-refractivity contribution in [1.29, 1.82) is 0 Å². The Kier molecular flexibility index (Phi) is 4.41. The van der Waals surface area contributed by atoms with Crippen LogP contribution in [0.3, 0.4) is 0 Å². The van der Waals surface area contributed by atoms with Gasteiger partial charge in [-0.1, -0.05) is 42.0 Å². The summed E-state index contributed by atoms with van der Waals surface area (Å²) < 4.78 is 0. The van der Waals surface area contributed by atoms with Crippen LogP contribution < -0.4 is 10.6 Å². The molecule has 1 atom stereocenters. The van der Waals surface area contributed by atoms with Crippen LogP contribution in [-0.4, -0.2) is 13.0 Å². The highest BCUT2D eigenvalue weighted by Crippen LogP contribution is 2.17. The number of amides is 1. The summed E-state index contributed by atoms with van der Waals surface area (Å²) in [4.78, 5) is 12.3. The minimum absolute atomic E-state index is 0.0204. The van der Waals surface area contributed by atoms with E-state index < -0.39 is 0 Å². The largest absolute Gasteiger partial charge is 0.387 e. The van der Waals surface area contributed by atoms with Gasteiger partial charge in [0.05, 0.1) is 11.6 Å². The van der Waals surface area contributed by atoms with Crippen LogP contribution in [0.2, 0.25) is 0 Å². The molecule has 0 aliphatic heterocycles. The number of hydrogen-bond acceptors (Lipinski definition) is 2. The molecule has 1 unspecified atom stereocenters. The summed E-state index contributed by atoms with van der Waals surface area (Å²) in [5.74, 6) is -0.0666. The van der Waals surface area contributed by atoms with E-state index in [0.29, 0.717) is 5.56 Å². The summed E-state index contributed by atoms with van der Waals surface area (Å²) in [6.07, 6.45) is 0. The molecule has 3 heteroatoms. The first-order chi connectivity index (χ1) is 9.61. The monoisotopic (exact) mass is 268 g/mol. The van der Waals surface area contributed by atoms with E-state index in [1.165, 1.54) is 5.56 Å². The molecule has 0 saturated carbocycles. The third kappa shape index (κ3) is 3.18. The number of aryl methyl sites for hydroxylation is 1. The molecule has 3 nitrogen and oxygen atoms in total. The average Bonchev–Trinajstić information content (AvgIpc) is 2.47. The fourth-order valence-electron chi connectivity index (χ4n) is 2.11. The molecule has 2 aromatic rings. The number of rotatable bonds is 4. The van der Waals surface area contributed by atoms with Gasteiger partial charge in [-0.2, -0.15) is 0 Å². The topological polar surface area (TPSA) is 41.1 Å². The Bertz CT molecular complexity index is 590. The number of nitrogens with one attached hydrogen (secondary N) is 2. The summed E-state index contributed by atoms with van der Waals surface area (Å²) in [6.45, 7) is 4.04. The van der Waals surface area contributed by atoms with Crippen LogP contribution in [-0.2, 0) is 0 Å². The minimum atomic E-state index is -0.0666. The lowest BCUT2D eigenvalue weighted by Gasteiger charge is -2.16. The van der Waals surface area contributed by atoms with Gasteiger partial charge in [-0.25, -0.2) is 0 Å². The highest BCUT2D eigenvalue weighted by molar-refractivity contribution is 5.99. The zero-order valence-electron chi connectivity index (χ0n) is 12.1. The second-order valence-corrected chi connectivity index (χ2v) is 4.90. The second-order valence-electron chi connectivity index (χ2n) is 4.90. The van der Waals surface area contributed by atoms with Gasteiger partial charge in [0.2, 0.25) is 0 Å². The smallest absolute Gasteiger partial charge is 0.253 e. The number of carbonyl (C=O) groups is 1. The van der Waals surface area contributed by atoms with E-state index in [2.05, 4.69) is 29.7 Å². The summed E-state index contributed by atoms with van der Waals surface area (Å²) in [6, 6.07) is 15.7. The van der Waals surface area contributed by atoms with Gasteiger partial charge >= 0.3 is 0 Å². The molecule has 0 fully saturated rings. The van der Waals surface area contributed by atoms with Crippen LogP contribution in [0.4, 0.5) is 5.69 Å². The fraction of sp³-hybridized carbons (Fsp3) is 0.235. The predicted molar refractivity (Wildman–Crippen MR) is 83.0 cm³/mol. The quantitative estimate of drug-likeness (QED) is 0.890. The van der Waals surface area contributed by atoms with Gasteiger partial charge in [-0.15, -0.1) is 0 Å². The van der Waals surface area contributed by atoms with Crippen molar-refractivity contribution in [3.05, 3.63) is 65.2 Å². The predicted octanol–water partition coefficient (Wildman–Crippen LogP) is 3.53. The Labute approximate surface area is 120 Å². The number of carbonyl (C=O) groups excluding carboxylic acids is 1. The molecular formula is C17H20N2O. The lowest BCUT2D eigenvalue weighted by Crippen LogP contribution is -2.27. The molecule has 0 aromatic heterocycles. The van der Waals surface area contributed by atoms with Crippen LogP contribution in [0.1, 0.15) is 34.5 Å². The van der Waals surface area contributed by atoms with Crippen molar-refractivity contribution in [2.75, 3.05) is 12.4 Å². The maximum Gasteiger partial charge on any atom is 0.253 e. The van der Waals surface area contributed by atoms with Gasteiger partial charge in [0.15, 0.2) is 0 Å². The van der Waals surface area contributed by atoms with Crippen LogP contribution in [0, 0.1) is 6.92 Å². The van der Waals surface area contributed by atoms with Crippen molar-refractivity contribution in [2.45, 2.75) is 19.9 Å². The number of anilines is 1. The Balaban J connectivity index is 2.13. The van der Waals surface area contributed by atoms with E-state index in [9.17, 15) is 4.79 Å². The van der Waals surface area contributed by atoms with E-state index in [4.69, 9.17) is 0 Å². The van der Waals surface area contributed by atoms with Crippen molar-refractivity contribution in [3.8, 4) is 0 Å². The highest BCUT2D eigenvalue weighted by atomic mass is 16.1. The fourth-order valence-corrected chi connectivity index (χ4v) is 2.11. The first kappa shape index (κ1) is 14.1. The normalized spacial score (nSPS) is 11.8. The lowest BCUT2D eigenvalue weighted by atomic mass is 10.1. The standard InChI is InChI=1S/C17H20N2O/c1-12-8-10-14(11-9-12)13(2)19-17(20)15-6-4-5-7-16(15)18-3/h4-11,13,18H,1-3H3,(H,19,20). The lowest BCUT2D eigenvalue weighted by molar-refractivity contribution is 0.0940. The molecule has 0 aliphatic carbocycles. The Morgan fingerprint density at radius 2 is 1.70 bits per heavy atom. The maximum atomic E-state index is 12.3. The molecule has 0 radical (unpaired) electrons. The van der Waals surface area contributed by atoms with E-state index in [1.807, 2.05) is 50.4 Å². The molecule has 0 saturated heterocycles. The summed E-state index contributed by atoms with van der Waals surface area (Å²) in [5.41, 5.74) is 3.81. The van der Waals surface area contributed by atoms with Crippen molar-refractivity contribution < 1.29 is 4.79 Å². The van der Waals surface area contributed by atoms with Gasteiger partial charge in [0.25, 0.3) is 5.91 Å². The van der Waals surface area contributed by atoms with Crippen LogP contribution >= 0.6 is 0 Å². The van der Waals surface area contributed by atoms with E-state index in [1.54, 1.807) is 0 Å².